The third-order valence-electron chi connectivity index (χ3n) is 5.68. The molecule has 0 atom stereocenters. The Morgan fingerprint density at radius 2 is 1.91 bits per heavy atom. The molecule has 0 spiro atoms. The van der Waals surface area contributed by atoms with Crippen LogP contribution in [0.15, 0.2) is 33.7 Å². The molecular formula is C22H17Cl2F3N4O4. The van der Waals surface area contributed by atoms with Gasteiger partial charge >= 0.3 is 5.97 Å². The monoisotopic (exact) mass is 528 g/mol. The lowest BCUT2D eigenvalue weighted by Crippen LogP contribution is -2.33. The Bertz CT molecular complexity index is 1480. The highest BCUT2D eigenvalue weighted by atomic mass is 35.5. The van der Waals surface area contributed by atoms with Crippen LogP contribution in [0.2, 0.25) is 5.02 Å². The second-order valence-corrected chi connectivity index (χ2v) is 8.65. The van der Waals surface area contributed by atoms with Gasteiger partial charge in [-0.05, 0) is 24.5 Å². The van der Waals surface area contributed by atoms with Gasteiger partial charge in [-0.3, -0.25) is 9.36 Å². The van der Waals surface area contributed by atoms with E-state index in [1.54, 1.807) is 0 Å². The summed E-state index contributed by atoms with van der Waals surface area (Å²) < 4.78 is 44.7. The van der Waals surface area contributed by atoms with Gasteiger partial charge in [-0.25, -0.2) is 22.9 Å². The first kappa shape index (κ1) is 24.8. The van der Waals surface area contributed by atoms with Gasteiger partial charge in [0.1, 0.15) is 11.4 Å². The number of benzene rings is 1. The number of aliphatic hydroxyl groups is 1. The van der Waals surface area contributed by atoms with Crippen molar-refractivity contribution >= 4 is 51.6 Å². The number of carbonyl (C=O) groups is 1. The zero-order valence-corrected chi connectivity index (χ0v) is 19.3. The predicted molar refractivity (Wildman–Crippen MR) is 125 cm³/mol. The van der Waals surface area contributed by atoms with Gasteiger partial charge in [-0.1, -0.05) is 23.2 Å². The SMILES string of the molecule is Nc1nc(-n2cc(C(=O)O)c(=O)c3cc(F)c(N4CCC/C(=C(\Cl)CO)C4)c(Cl)c32)c(F)cc1F. The molecule has 0 radical (unpaired) electrons. The van der Waals surface area contributed by atoms with Crippen LogP contribution in [0.5, 0.6) is 0 Å². The molecule has 2 aromatic heterocycles. The number of nitrogens with two attached hydrogens (primary N) is 1. The second-order valence-electron chi connectivity index (χ2n) is 7.82. The molecule has 3 heterocycles. The van der Waals surface area contributed by atoms with Crippen molar-refractivity contribution in [2.75, 3.05) is 30.3 Å². The smallest absolute Gasteiger partial charge is 0.341 e. The summed E-state index contributed by atoms with van der Waals surface area (Å²) in [6.45, 7) is 0.0665. The highest BCUT2D eigenvalue weighted by Crippen LogP contribution is 2.39. The molecule has 3 aromatic rings. The van der Waals surface area contributed by atoms with Crippen LogP contribution in [0.1, 0.15) is 23.2 Å². The van der Waals surface area contributed by atoms with Crippen molar-refractivity contribution < 1.29 is 28.2 Å². The lowest BCUT2D eigenvalue weighted by molar-refractivity contribution is 0.0695. The second kappa shape index (κ2) is 9.40. The molecule has 1 aromatic carbocycles. The quantitative estimate of drug-likeness (QED) is 0.470. The molecule has 1 aliphatic heterocycles. The maximum atomic E-state index is 15.3. The van der Waals surface area contributed by atoms with Gasteiger partial charge in [0.2, 0.25) is 5.43 Å². The lowest BCUT2D eigenvalue weighted by atomic mass is 10.0. The number of halogens is 5. The molecule has 0 saturated carbocycles. The Hall–Kier alpha value is -3.28. The number of anilines is 2. The van der Waals surface area contributed by atoms with Crippen molar-refractivity contribution in [2.45, 2.75) is 12.8 Å². The summed E-state index contributed by atoms with van der Waals surface area (Å²) in [5.74, 6) is -6.29. The number of aliphatic hydroxyl groups excluding tert-OH is 1. The minimum Gasteiger partial charge on any atom is -0.477 e. The minimum atomic E-state index is -1.66. The van der Waals surface area contributed by atoms with E-state index in [2.05, 4.69) is 4.98 Å². The van der Waals surface area contributed by atoms with E-state index < -0.39 is 58.0 Å². The highest BCUT2D eigenvalue weighted by molar-refractivity contribution is 6.38. The summed E-state index contributed by atoms with van der Waals surface area (Å²) in [5.41, 5.74) is 3.87. The number of fused-ring (bicyclic) bond motifs is 1. The third-order valence-corrected chi connectivity index (χ3v) is 6.43. The van der Waals surface area contributed by atoms with E-state index in [1.165, 1.54) is 4.90 Å². The first-order chi connectivity index (χ1) is 16.5. The number of rotatable bonds is 4. The van der Waals surface area contributed by atoms with Crippen molar-refractivity contribution in [1.29, 1.82) is 0 Å². The Labute approximate surface area is 205 Å². The number of aromatic carboxylic acids is 1. The van der Waals surface area contributed by atoms with E-state index in [9.17, 15) is 28.6 Å². The molecule has 4 N–H and O–H groups in total. The summed E-state index contributed by atoms with van der Waals surface area (Å²) in [7, 11) is 0. The Morgan fingerprint density at radius 3 is 2.57 bits per heavy atom. The summed E-state index contributed by atoms with van der Waals surface area (Å²) in [4.78, 5) is 29.7. The molecule has 0 bridgehead atoms. The van der Waals surface area contributed by atoms with E-state index in [-0.39, 0.29) is 27.8 Å². The van der Waals surface area contributed by atoms with Crippen LogP contribution in [0, 0.1) is 17.5 Å². The van der Waals surface area contributed by atoms with Crippen molar-refractivity contribution in [3.05, 3.63) is 67.2 Å². The van der Waals surface area contributed by atoms with Crippen molar-refractivity contribution in [1.82, 2.24) is 9.55 Å². The van der Waals surface area contributed by atoms with Crippen LogP contribution in [0.4, 0.5) is 24.7 Å². The molecule has 1 fully saturated rings. The lowest BCUT2D eigenvalue weighted by Gasteiger charge is -2.32. The molecule has 0 unspecified atom stereocenters. The molecule has 4 rings (SSSR count). The molecule has 1 saturated heterocycles. The van der Waals surface area contributed by atoms with E-state index in [4.69, 9.17) is 28.9 Å². The van der Waals surface area contributed by atoms with Gasteiger partial charge in [0.05, 0.1) is 28.2 Å². The van der Waals surface area contributed by atoms with E-state index in [0.717, 1.165) is 16.8 Å². The van der Waals surface area contributed by atoms with Gasteiger partial charge < -0.3 is 20.8 Å². The average Bonchev–Trinajstić information content (AvgIpc) is 2.81. The number of pyridine rings is 2. The van der Waals surface area contributed by atoms with E-state index in [0.29, 0.717) is 31.0 Å². The minimum absolute atomic E-state index is 0.120. The number of nitrogen functional groups attached to an aromatic ring is 1. The fourth-order valence-corrected chi connectivity index (χ4v) is 4.61. The predicted octanol–water partition coefficient (Wildman–Crippen LogP) is 3.82. The number of hydrogen-bond acceptors (Lipinski definition) is 6. The van der Waals surface area contributed by atoms with Gasteiger partial charge in [0.25, 0.3) is 0 Å². The summed E-state index contributed by atoms with van der Waals surface area (Å²) >= 11 is 12.7. The molecular weight excluding hydrogens is 512 g/mol. The fraction of sp³-hybridized carbons (Fsp3) is 0.227. The molecule has 8 nitrogen and oxygen atoms in total. The van der Waals surface area contributed by atoms with Crippen LogP contribution in [-0.2, 0) is 0 Å². The zero-order valence-electron chi connectivity index (χ0n) is 17.8. The topological polar surface area (TPSA) is 122 Å². The summed E-state index contributed by atoms with van der Waals surface area (Å²) in [5, 5.41) is 18.3. The normalized spacial score (nSPS) is 15.5. The fourth-order valence-electron chi connectivity index (χ4n) is 4.05. The average molecular weight is 529 g/mol. The first-order valence-electron chi connectivity index (χ1n) is 10.2. The first-order valence-corrected chi connectivity index (χ1v) is 11.0. The number of aromatic nitrogens is 2. The van der Waals surface area contributed by atoms with Crippen LogP contribution >= 0.6 is 23.2 Å². The zero-order chi connectivity index (χ0) is 25.6. The molecule has 184 valence electrons. The summed E-state index contributed by atoms with van der Waals surface area (Å²) in [6.07, 6.45) is 1.89. The molecule has 0 amide bonds. The number of hydrogen-bond donors (Lipinski definition) is 3. The van der Waals surface area contributed by atoms with Crippen LogP contribution in [0.3, 0.4) is 0 Å². The standard InChI is InChI=1S/C22H17Cl2F3N4O4/c23-12(8-32)9-2-1-3-30(6-9)18-13(25)4-10-17(16(18)24)31(7-11(19(10)33)22(34)35)21-15(27)5-14(26)20(28)29-21/h4-5,7,32H,1-3,6,8H2,(H2,28,29)(H,34,35)/b12-9+. The number of nitrogens with zero attached hydrogens (tertiary/aromatic N) is 3. The Kier molecular flexibility index (Phi) is 6.67. The van der Waals surface area contributed by atoms with Gasteiger partial charge in [-0.15, -0.1) is 0 Å². The number of carboxylic acid groups (broad SMARTS) is 1. The highest BCUT2D eigenvalue weighted by Gasteiger charge is 2.28. The Balaban J connectivity index is 2.07. The molecule has 13 heteroatoms. The maximum Gasteiger partial charge on any atom is 0.341 e. The molecule has 1 aliphatic rings. The van der Waals surface area contributed by atoms with Crippen LogP contribution < -0.4 is 16.1 Å². The van der Waals surface area contributed by atoms with E-state index >= 15 is 4.39 Å². The van der Waals surface area contributed by atoms with Gasteiger partial charge in [0, 0.05) is 30.4 Å². The molecule has 35 heavy (non-hydrogen) atoms. The van der Waals surface area contributed by atoms with Crippen LogP contribution in [0.25, 0.3) is 16.7 Å². The largest absolute Gasteiger partial charge is 0.477 e. The van der Waals surface area contributed by atoms with Crippen molar-refractivity contribution in [3.8, 4) is 5.82 Å². The van der Waals surface area contributed by atoms with E-state index in [1.807, 2.05) is 0 Å². The van der Waals surface area contributed by atoms with Gasteiger partial charge in [-0.2, -0.15) is 0 Å². The van der Waals surface area contributed by atoms with Crippen LogP contribution in [-0.4, -0.2) is 45.4 Å². The number of piperidine rings is 1. The molecule has 0 aliphatic carbocycles. The third kappa shape index (κ3) is 4.30. The number of carboxylic acids is 1. The maximum absolute atomic E-state index is 15.3. The van der Waals surface area contributed by atoms with Crippen molar-refractivity contribution in [2.24, 2.45) is 0 Å². The van der Waals surface area contributed by atoms with Crippen molar-refractivity contribution in [3.63, 3.8) is 0 Å². The van der Waals surface area contributed by atoms with Gasteiger partial charge in [0.15, 0.2) is 23.3 Å². The summed E-state index contributed by atoms with van der Waals surface area (Å²) in [6, 6.07) is 1.25. The Morgan fingerprint density at radius 1 is 1.20 bits per heavy atom.